The van der Waals surface area contributed by atoms with Gasteiger partial charge in [-0.2, -0.15) is 0 Å². The maximum Gasteiger partial charge on any atom is 0.242 e. The number of hydrogen-bond acceptors (Lipinski definition) is 4. The second kappa shape index (κ2) is 9.27. The van der Waals surface area contributed by atoms with Gasteiger partial charge in [-0.05, 0) is 37.8 Å². The zero-order valence-electron chi connectivity index (χ0n) is 14.2. The topological polar surface area (TPSA) is 81.7 Å². The van der Waals surface area contributed by atoms with E-state index in [1.807, 2.05) is 42.2 Å². The van der Waals surface area contributed by atoms with Crippen molar-refractivity contribution in [2.75, 3.05) is 24.5 Å². The van der Waals surface area contributed by atoms with E-state index in [2.05, 4.69) is 10.6 Å². The quantitative estimate of drug-likeness (QED) is 0.697. The molecule has 6 heteroatoms. The summed E-state index contributed by atoms with van der Waals surface area (Å²) in [6, 6.07) is 9.07. The molecule has 24 heavy (non-hydrogen) atoms. The number of carbonyl (C=O) groups is 2. The highest BCUT2D eigenvalue weighted by atomic mass is 16.3. The van der Waals surface area contributed by atoms with Crippen molar-refractivity contribution in [2.45, 2.75) is 44.8 Å². The Balaban J connectivity index is 1.99. The van der Waals surface area contributed by atoms with Gasteiger partial charge < -0.3 is 20.6 Å². The summed E-state index contributed by atoms with van der Waals surface area (Å²) in [4.78, 5) is 26.2. The number of rotatable bonds is 7. The standard InChI is InChI=1S/C18H27N3O3/c1-2-15(22)12-21(14-8-4-3-5-9-14)13-17(23)20-16-10-6-7-11-19-18(16)24/h3-5,8-9,15-16,22H,2,6-7,10-13H2,1H3,(H,19,24)(H,20,23)/t15-,16-/m1/s1. The van der Waals surface area contributed by atoms with E-state index < -0.39 is 12.1 Å². The van der Waals surface area contributed by atoms with Crippen LogP contribution in [0.25, 0.3) is 0 Å². The first-order chi connectivity index (χ1) is 11.6. The largest absolute Gasteiger partial charge is 0.391 e. The van der Waals surface area contributed by atoms with Gasteiger partial charge in [0.05, 0.1) is 12.6 Å². The molecule has 2 rings (SSSR count). The molecule has 0 radical (unpaired) electrons. The van der Waals surface area contributed by atoms with Crippen molar-refractivity contribution in [3.8, 4) is 0 Å². The van der Waals surface area contributed by atoms with Crippen LogP contribution in [0.5, 0.6) is 0 Å². The van der Waals surface area contributed by atoms with Gasteiger partial charge in [0.25, 0.3) is 0 Å². The molecule has 0 bridgehead atoms. The third kappa shape index (κ3) is 5.53. The Bertz CT molecular complexity index is 536. The fourth-order valence-corrected chi connectivity index (χ4v) is 2.77. The van der Waals surface area contributed by atoms with E-state index in [0.717, 1.165) is 18.5 Å². The molecule has 1 heterocycles. The first-order valence-corrected chi connectivity index (χ1v) is 8.65. The Morgan fingerprint density at radius 3 is 2.83 bits per heavy atom. The first-order valence-electron chi connectivity index (χ1n) is 8.65. The van der Waals surface area contributed by atoms with Gasteiger partial charge >= 0.3 is 0 Å². The molecule has 1 fully saturated rings. The minimum absolute atomic E-state index is 0.110. The molecule has 0 saturated carbocycles. The molecule has 0 unspecified atom stereocenters. The number of carbonyl (C=O) groups excluding carboxylic acids is 2. The molecule has 1 aromatic rings. The minimum atomic E-state index is -0.501. The molecule has 2 atom stereocenters. The number of anilines is 1. The Morgan fingerprint density at radius 2 is 2.12 bits per heavy atom. The molecule has 6 nitrogen and oxygen atoms in total. The minimum Gasteiger partial charge on any atom is -0.391 e. The maximum atomic E-state index is 12.4. The zero-order valence-corrected chi connectivity index (χ0v) is 14.2. The first kappa shape index (κ1) is 18.3. The van der Waals surface area contributed by atoms with Gasteiger partial charge in [-0.3, -0.25) is 9.59 Å². The van der Waals surface area contributed by atoms with E-state index in [-0.39, 0.29) is 18.4 Å². The summed E-state index contributed by atoms with van der Waals surface area (Å²) >= 11 is 0. The Hall–Kier alpha value is -2.08. The number of nitrogens with one attached hydrogen (secondary N) is 2. The van der Waals surface area contributed by atoms with Crippen molar-refractivity contribution in [3.63, 3.8) is 0 Å². The highest BCUT2D eigenvalue weighted by molar-refractivity contribution is 5.89. The molecule has 0 aromatic heterocycles. The van der Waals surface area contributed by atoms with E-state index in [1.165, 1.54) is 0 Å². The van der Waals surface area contributed by atoms with Gasteiger partial charge in [-0.15, -0.1) is 0 Å². The number of nitrogens with zero attached hydrogens (tertiary/aromatic N) is 1. The summed E-state index contributed by atoms with van der Waals surface area (Å²) in [5.41, 5.74) is 0.880. The third-order valence-electron chi connectivity index (χ3n) is 4.23. The fourth-order valence-electron chi connectivity index (χ4n) is 2.77. The molecule has 1 aliphatic rings. The fraction of sp³-hybridized carbons (Fsp3) is 0.556. The van der Waals surface area contributed by atoms with Gasteiger partial charge in [0.1, 0.15) is 6.04 Å². The predicted molar refractivity (Wildman–Crippen MR) is 93.7 cm³/mol. The number of hydrogen-bond donors (Lipinski definition) is 3. The lowest BCUT2D eigenvalue weighted by molar-refractivity contribution is -0.128. The number of aliphatic hydroxyl groups is 1. The van der Waals surface area contributed by atoms with Crippen molar-refractivity contribution in [3.05, 3.63) is 30.3 Å². The molecule has 3 N–H and O–H groups in total. The van der Waals surface area contributed by atoms with E-state index in [0.29, 0.717) is 25.9 Å². The van der Waals surface area contributed by atoms with Gasteiger partial charge in [-0.1, -0.05) is 25.1 Å². The second-order valence-corrected chi connectivity index (χ2v) is 6.19. The molecular weight excluding hydrogens is 306 g/mol. The molecule has 0 aliphatic carbocycles. The Kier molecular flexibility index (Phi) is 7.06. The molecule has 1 aliphatic heterocycles. The van der Waals surface area contributed by atoms with E-state index >= 15 is 0 Å². The average Bonchev–Trinajstić information content (AvgIpc) is 2.79. The summed E-state index contributed by atoms with van der Waals surface area (Å²) in [5.74, 6) is -0.315. The van der Waals surface area contributed by atoms with Crippen molar-refractivity contribution >= 4 is 17.5 Å². The summed E-state index contributed by atoms with van der Waals surface area (Å²) in [5, 5.41) is 15.6. The summed E-state index contributed by atoms with van der Waals surface area (Å²) in [6.07, 6.45) is 2.65. The molecule has 1 aromatic carbocycles. The van der Waals surface area contributed by atoms with Crippen molar-refractivity contribution < 1.29 is 14.7 Å². The van der Waals surface area contributed by atoms with Crippen molar-refractivity contribution in [2.24, 2.45) is 0 Å². The average molecular weight is 333 g/mol. The van der Waals surface area contributed by atoms with Crippen LogP contribution < -0.4 is 15.5 Å². The lowest BCUT2D eigenvalue weighted by Crippen LogP contribution is -2.49. The maximum absolute atomic E-state index is 12.4. The summed E-state index contributed by atoms with van der Waals surface area (Å²) in [7, 11) is 0. The van der Waals surface area contributed by atoms with E-state index in [9.17, 15) is 14.7 Å². The molecule has 1 saturated heterocycles. The molecule has 2 amide bonds. The molecule has 132 valence electrons. The van der Waals surface area contributed by atoms with Crippen LogP contribution in [0.1, 0.15) is 32.6 Å². The second-order valence-electron chi connectivity index (χ2n) is 6.19. The van der Waals surface area contributed by atoms with Crippen molar-refractivity contribution in [1.29, 1.82) is 0 Å². The van der Waals surface area contributed by atoms with Gasteiger partial charge in [-0.25, -0.2) is 0 Å². The number of para-hydroxylation sites is 1. The third-order valence-corrected chi connectivity index (χ3v) is 4.23. The highest BCUT2D eigenvalue weighted by Crippen LogP contribution is 2.14. The van der Waals surface area contributed by atoms with Crippen LogP contribution in [0, 0.1) is 0 Å². The summed E-state index contributed by atoms with van der Waals surface area (Å²) < 4.78 is 0. The van der Waals surface area contributed by atoms with Gasteiger partial charge in [0.2, 0.25) is 11.8 Å². The number of benzene rings is 1. The predicted octanol–water partition coefficient (Wildman–Crippen LogP) is 1.05. The Labute approximate surface area is 143 Å². The van der Waals surface area contributed by atoms with Crippen LogP contribution in [-0.2, 0) is 9.59 Å². The van der Waals surface area contributed by atoms with Crippen molar-refractivity contribution in [1.82, 2.24) is 10.6 Å². The van der Waals surface area contributed by atoms with E-state index in [1.54, 1.807) is 0 Å². The van der Waals surface area contributed by atoms with Crippen LogP contribution in [0.2, 0.25) is 0 Å². The lowest BCUT2D eigenvalue weighted by Gasteiger charge is -2.27. The lowest BCUT2D eigenvalue weighted by atomic mass is 10.1. The van der Waals surface area contributed by atoms with Crippen LogP contribution in [-0.4, -0.2) is 48.7 Å². The van der Waals surface area contributed by atoms with Crippen LogP contribution >= 0.6 is 0 Å². The SMILES string of the molecule is CC[C@@H](O)CN(CC(=O)N[C@@H]1CCCCNC1=O)c1ccccc1. The Morgan fingerprint density at radius 1 is 1.38 bits per heavy atom. The van der Waals surface area contributed by atoms with Crippen LogP contribution in [0.3, 0.4) is 0 Å². The van der Waals surface area contributed by atoms with Gasteiger partial charge in [0.15, 0.2) is 0 Å². The monoisotopic (exact) mass is 333 g/mol. The highest BCUT2D eigenvalue weighted by Gasteiger charge is 2.23. The van der Waals surface area contributed by atoms with Crippen LogP contribution in [0.4, 0.5) is 5.69 Å². The van der Waals surface area contributed by atoms with E-state index in [4.69, 9.17) is 0 Å². The zero-order chi connectivity index (χ0) is 17.4. The van der Waals surface area contributed by atoms with Gasteiger partial charge in [0, 0.05) is 18.8 Å². The normalized spacial score (nSPS) is 19.1. The summed E-state index contributed by atoms with van der Waals surface area (Å²) in [6.45, 7) is 3.07. The number of amides is 2. The molecular formula is C18H27N3O3. The molecule has 0 spiro atoms. The van der Waals surface area contributed by atoms with Crippen LogP contribution in [0.15, 0.2) is 30.3 Å². The number of aliphatic hydroxyl groups excluding tert-OH is 1. The smallest absolute Gasteiger partial charge is 0.242 e.